The van der Waals surface area contributed by atoms with Crippen LogP contribution < -0.4 is 5.32 Å². The average Bonchev–Trinajstić information content (AvgIpc) is 2.86. The molecule has 1 N–H and O–H groups in total. The van der Waals surface area contributed by atoms with E-state index in [-0.39, 0.29) is 5.91 Å². The van der Waals surface area contributed by atoms with Gasteiger partial charge in [0.2, 0.25) is 0 Å². The third-order valence-electron chi connectivity index (χ3n) is 6.73. The Balaban J connectivity index is 1.96. The number of nitrogens with one attached hydrogen (secondary N) is 1. The molecule has 0 unspecified atom stereocenters. The minimum absolute atomic E-state index is 0.00497. The fourth-order valence-corrected chi connectivity index (χ4v) is 4.49. The summed E-state index contributed by atoms with van der Waals surface area (Å²) in [6.45, 7) is 5.25. The van der Waals surface area contributed by atoms with Crippen LogP contribution in [0.5, 0.6) is 0 Å². The Morgan fingerprint density at radius 2 is 1.26 bits per heavy atom. The van der Waals surface area contributed by atoms with Crippen LogP contribution in [-0.4, -0.2) is 44.6 Å². The fourth-order valence-electron chi connectivity index (χ4n) is 4.49. The van der Waals surface area contributed by atoms with Crippen LogP contribution in [0.25, 0.3) is 0 Å². The number of benzene rings is 1. The van der Waals surface area contributed by atoms with Crippen molar-refractivity contribution in [2.45, 2.75) is 123 Å². The predicted molar refractivity (Wildman–Crippen MR) is 151 cm³/mol. The second-order valence-electron chi connectivity index (χ2n) is 10.4. The summed E-state index contributed by atoms with van der Waals surface area (Å²) in [5, 5.41) is 3.03. The molecule has 0 aliphatic carbocycles. The van der Waals surface area contributed by atoms with E-state index in [1.165, 1.54) is 96.3 Å². The molecule has 0 fully saturated rings. The number of hydrogen-bond donors (Lipinski definition) is 1. The van der Waals surface area contributed by atoms with E-state index in [1.54, 1.807) is 0 Å². The number of unbranched alkanes of at least 4 members (excludes halogenated alkanes) is 15. The van der Waals surface area contributed by atoms with E-state index in [4.69, 9.17) is 4.74 Å². The first-order chi connectivity index (χ1) is 17.1. The highest BCUT2D eigenvalue weighted by molar-refractivity contribution is 5.95. The quantitative estimate of drug-likeness (QED) is 0.149. The average molecular weight is 489 g/mol. The first-order valence-corrected chi connectivity index (χ1v) is 14.7. The Hall–Kier alpha value is -1.39. The molecule has 35 heavy (non-hydrogen) atoms. The molecule has 0 aliphatic heterocycles. The number of nitrogens with zero attached hydrogens (tertiary/aromatic N) is 1. The smallest absolute Gasteiger partial charge is 0.251 e. The van der Waals surface area contributed by atoms with Crippen LogP contribution in [0, 0.1) is 0 Å². The van der Waals surface area contributed by atoms with E-state index < -0.39 is 0 Å². The normalized spacial score (nSPS) is 11.3. The first-order valence-electron chi connectivity index (χ1n) is 14.7. The van der Waals surface area contributed by atoms with E-state index >= 15 is 0 Å². The van der Waals surface area contributed by atoms with Gasteiger partial charge >= 0.3 is 0 Å². The van der Waals surface area contributed by atoms with Gasteiger partial charge in [0.25, 0.3) is 5.91 Å². The number of rotatable bonds is 24. The molecule has 1 aromatic rings. The van der Waals surface area contributed by atoms with Gasteiger partial charge in [-0.25, -0.2) is 0 Å². The molecule has 0 bridgehead atoms. The van der Waals surface area contributed by atoms with Gasteiger partial charge < -0.3 is 15.0 Å². The molecule has 4 nitrogen and oxygen atoms in total. The molecule has 202 valence electrons. The van der Waals surface area contributed by atoms with E-state index in [2.05, 4.69) is 17.1 Å². The highest BCUT2D eigenvalue weighted by Gasteiger charge is 2.10. The van der Waals surface area contributed by atoms with Crippen LogP contribution in [0.1, 0.15) is 132 Å². The van der Waals surface area contributed by atoms with Crippen molar-refractivity contribution in [1.82, 2.24) is 10.2 Å². The SMILES string of the molecule is CCCCCCCCCCCCCCCCCCOCc1ccccc1C(=O)NCCCN(C)C. The van der Waals surface area contributed by atoms with Gasteiger partial charge in [0.15, 0.2) is 0 Å². The lowest BCUT2D eigenvalue weighted by Crippen LogP contribution is -2.28. The molecule has 4 heteroatoms. The number of carbonyl (C=O) groups is 1. The number of amides is 1. The molecule has 0 aliphatic rings. The number of ether oxygens (including phenoxy) is 1. The summed E-state index contributed by atoms with van der Waals surface area (Å²) in [6.07, 6.45) is 23.0. The lowest BCUT2D eigenvalue weighted by Gasteiger charge is -2.12. The fraction of sp³-hybridized carbons (Fsp3) is 0.774. The van der Waals surface area contributed by atoms with Crippen molar-refractivity contribution in [3.8, 4) is 0 Å². The van der Waals surface area contributed by atoms with E-state index in [1.807, 2.05) is 38.4 Å². The minimum Gasteiger partial charge on any atom is -0.377 e. The van der Waals surface area contributed by atoms with E-state index in [0.29, 0.717) is 13.2 Å². The Morgan fingerprint density at radius 3 is 1.80 bits per heavy atom. The summed E-state index contributed by atoms with van der Waals surface area (Å²) in [5.41, 5.74) is 1.72. The minimum atomic E-state index is 0.00497. The largest absolute Gasteiger partial charge is 0.377 e. The third-order valence-corrected chi connectivity index (χ3v) is 6.73. The molecule has 0 aromatic heterocycles. The second kappa shape index (κ2) is 23.0. The van der Waals surface area contributed by atoms with Gasteiger partial charge in [-0.1, -0.05) is 121 Å². The van der Waals surface area contributed by atoms with E-state index in [0.717, 1.165) is 37.1 Å². The predicted octanol–water partition coefficient (Wildman–Crippen LogP) is 8.15. The van der Waals surface area contributed by atoms with Crippen molar-refractivity contribution in [3.63, 3.8) is 0 Å². The van der Waals surface area contributed by atoms with Crippen LogP contribution in [0.2, 0.25) is 0 Å². The topological polar surface area (TPSA) is 41.6 Å². The van der Waals surface area contributed by atoms with Gasteiger partial charge in [0, 0.05) is 18.7 Å². The highest BCUT2D eigenvalue weighted by atomic mass is 16.5. The molecular weight excluding hydrogens is 432 g/mol. The molecule has 0 saturated carbocycles. The summed E-state index contributed by atoms with van der Waals surface area (Å²) in [4.78, 5) is 14.7. The molecule has 0 spiro atoms. The van der Waals surface area contributed by atoms with Crippen molar-refractivity contribution in [1.29, 1.82) is 0 Å². The van der Waals surface area contributed by atoms with Gasteiger partial charge in [-0.15, -0.1) is 0 Å². The molecule has 1 aromatic carbocycles. The summed E-state index contributed by atoms with van der Waals surface area (Å²) < 4.78 is 5.90. The summed E-state index contributed by atoms with van der Waals surface area (Å²) in [5.74, 6) is 0.00497. The van der Waals surface area contributed by atoms with Gasteiger partial charge in [0.05, 0.1) is 6.61 Å². The summed E-state index contributed by atoms with van der Waals surface area (Å²) in [6, 6.07) is 7.81. The van der Waals surface area contributed by atoms with Gasteiger partial charge in [-0.05, 0) is 45.1 Å². The Labute approximate surface area is 217 Å². The molecule has 0 heterocycles. The van der Waals surface area contributed by atoms with Crippen LogP contribution in [-0.2, 0) is 11.3 Å². The maximum Gasteiger partial charge on any atom is 0.251 e. The molecule has 0 radical (unpaired) electrons. The van der Waals surface area contributed by atoms with Gasteiger partial charge in [-0.2, -0.15) is 0 Å². The number of hydrogen-bond acceptors (Lipinski definition) is 3. The third kappa shape index (κ3) is 18.5. The van der Waals surface area contributed by atoms with Crippen LogP contribution in [0.3, 0.4) is 0 Å². The zero-order valence-electron chi connectivity index (χ0n) is 23.4. The van der Waals surface area contributed by atoms with Crippen LogP contribution >= 0.6 is 0 Å². The van der Waals surface area contributed by atoms with Gasteiger partial charge in [0.1, 0.15) is 0 Å². The van der Waals surface area contributed by atoms with Crippen LogP contribution in [0.4, 0.5) is 0 Å². The Kier molecular flexibility index (Phi) is 20.8. The van der Waals surface area contributed by atoms with Gasteiger partial charge in [-0.3, -0.25) is 4.79 Å². The van der Waals surface area contributed by atoms with Crippen LogP contribution in [0.15, 0.2) is 24.3 Å². The molecular formula is C31H56N2O2. The number of carbonyl (C=O) groups excluding carboxylic acids is 1. The maximum atomic E-state index is 12.5. The van der Waals surface area contributed by atoms with Crippen molar-refractivity contribution < 1.29 is 9.53 Å². The molecule has 0 saturated heterocycles. The lowest BCUT2D eigenvalue weighted by molar-refractivity contribution is 0.0936. The van der Waals surface area contributed by atoms with Crippen molar-refractivity contribution in [3.05, 3.63) is 35.4 Å². The van der Waals surface area contributed by atoms with Crippen molar-refractivity contribution in [2.24, 2.45) is 0 Å². The monoisotopic (exact) mass is 488 g/mol. The summed E-state index contributed by atoms with van der Waals surface area (Å²) >= 11 is 0. The molecule has 1 amide bonds. The van der Waals surface area contributed by atoms with Crippen molar-refractivity contribution >= 4 is 5.91 Å². The highest BCUT2D eigenvalue weighted by Crippen LogP contribution is 2.14. The zero-order valence-corrected chi connectivity index (χ0v) is 23.4. The first kappa shape index (κ1) is 31.6. The standard InChI is InChI=1S/C31H56N2O2/c1-4-5-6-7-8-9-10-11-12-13-14-15-16-17-18-21-27-35-28-29-23-19-20-24-30(29)31(34)32-25-22-26-33(2)3/h19-20,23-24H,4-18,21-22,25-28H2,1-3H3,(H,32,34). The lowest BCUT2D eigenvalue weighted by atomic mass is 10.0. The van der Waals surface area contributed by atoms with Crippen molar-refractivity contribution in [2.75, 3.05) is 33.8 Å². The molecule has 1 rings (SSSR count). The molecule has 0 atom stereocenters. The zero-order chi connectivity index (χ0) is 25.4. The van der Waals surface area contributed by atoms with E-state index in [9.17, 15) is 4.79 Å². The Bertz CT molecular complexity index is 618. The second-order valence-corrected chi connectivity index (χ2v) is 10.4. The summed E-state index contributed by atoms with van der Waals surface area (Å²) in [7, 11) is 4.10. The maximum absolute atomic E-state index is 12.5. The Morgan fingerprint density at radius 1 is 0.743 bits per heavy atom.